The Morgan fingerprint density at radius 2 is 0.660 bits per heavy atom. The highest BCUT2D eigenvalue weighted by molar-refractivity contribution is 5.71. The van der Waals surface area contributed by atoms with Crippen LogP contribution in [0.25, 0.3) is 0 Å². The molecule has 0 saturated carbocycles. The first-order valence-electron chi connectivity index (χ1n) is 21.7. The molecule has 0 aromatic rings. The highest BCUT2D eigenvalue weighted by atomic mass is 16.6. The average Bonchev–Trinajstić information content (AvgIpc) is 3.08. The SMILES string of the molecule is CCCCCCCCCCCCCC(=O)O[C@H](COC(=O)CCCCCCCCCCC(C)C)COC(=O)CCCCCCCCCC(C)C. The second kappa shape index (κ2) is 37.2. The highest BCUT2D eigenvalue weighted by Crippen LogP contribution is 2.16. The first kappa shape index (κ1) is 48.4. The minimum atomic E-state index is -0.760. The maximum atomic E-state index is 12.7. The summed E-state index contributed by atoms with van der Waals surface area (Å²) < 4.78 is 16.7. The van der Waals surface area contributed by atoms with Crippen LogP contribution >= 0.6 is 0 Å². The molecule has 0 aliphatic carbocycles. The minimum Gasteiger partial charge on any atom is -0.462 e. The van der Waals surface area contributed by atoms with E-state index >= 15 is 0 Å². The number of carbonyl (C=O) groups is 3. The zero-order valence-corrected chi connectivity index (χ0v) is 34.0. The molecule has 0 N–H and O–H groups in total. The molecule has 0 spiro atoms. The Morgan fingerprint density at radius 3 is 0.980 bits per heavy atom. The number of ether oxygens (including phenoxy) is 3. The summed E-state index contributed by atoms with van der Waals surface area (Å²) in [6.45, 7) is 11.2. The van der Waals surface area contributed by atoms with Gasteiger partial charge in [-0.1, -0.05) is 195 Å². The van der Waals surface area contributed by atoms with Gasteiger partial charge in [-0.25, -0.2) is 0 Å². The van der Waals surface area contributed by atoms with Gasteiger partial charge in [0.15, 0.2) is 6.10 Å². The van der Waals surface area contributed by atoms with Crippen molar-refractivity contribution in [3.63, 3.8) is 0 Å². The van der Waals surface area contributed by atoms with Crippen LogP contribution in [-0.2, 0) is 28.6 Å². The second-order valence-electron chi connectivity index (χ2n) is 15.9. The standard InChI is InChI=1S/C44H84O6/c1-6-7-8-9-10-11-12-13-20-26-31-36-44(47)50-41(38-49-43(46)35-30-25-21-16-18-23-28-33-40(4)5)37-48-42(45)34-29-24-19-15-14-17-22-27-32-39(2)3/h39-41H,6-38H2,1-5H3/t41-/m1/s1. The molecular weight excluding hydrogens is 624 g/mol. The Morgan fingerprint density at radius 1 is 0.380 bits per heavy atom. The van der Waals surface area contributed by atoms with Crippen LogP contribution in [-0.4, -0.2) is 37.2 Å². The van der Waals surface area contributed by atoms with E-state index in [1.807, 2.05) is 0 Å². The molecule has 0 radical (unpaired) electrons. The van der Waals surface area contributed by atoms with Crippen molar-refractivity contribution in [2.45, 2.75) is 240 Å². The van der Waals surface area contributed by atoms with Gasteiger partial charge in [-0.15, -0.1) is 0 Å². The zero-order chi connectivity index (χ0) is 36.9. The lowest BCUT2D eigenvalue weighted by Crippen LogP contribution is -2.30. The smallest absolute Gasteiger partial charge is 0.306 e. The Balaban J connectivity index is 4.35. The molecule has 0 aromatic carbocycles. The maximum absolute atomic E-state index is 12.7. The summed E-state index contributed by atoms with van der Waals surface area (Å²) in [4.78, 5) is 37.6. The molecule has 0 aromatic heterocycles. The van der Waals surface area contributed by atoms with Gasteiger partial charge in [0.05, 0.1) is 0 Å². The van der Waals surface area contributed by atoms with E-state index in [1.165, 1.54) is 122 Å². The number of esters is 3. The van der Waals surface area contributed by atoms with Gasteiger partial charge in [0.25, 0.3) is 0 Å². The molecular formula is C44H84O6. The molecule has 0 heterocycles. The van der Waals surface area contributed by atoms with Crippen LogP contribution < -0.4 is 0 Å². The molecule has 0 saturated heterocycles. The molecule has 1 atom stereocenters. The normalized spacial score (nSPS) is 12.1. The van der Waals surface area contributed by atoms with Crippen LogP contribution in [0.15, 0.2) is 0 Å². The monoisotopic (exact) mass is 709 g/mol. The van der Waals surface area contributed by atoms with Crippen LogP contribution in [0.2, 0.25) is 0 Å². The van der Waals surface area contributed by atoms with E-state index in [4.69, 9.17) is 14.2 Å². The van der Waals surface area contributed by atoms with Gasteiger partial charge in [0.1, 0.15) is 13.2 Å². The Kier molecular flexibility index (Phi) is 36.0. The number of carbonyl (C=O) groups excluding carboxylic acids is 3. The number of unbranched alkanes of at least 4 members (excludes halogenated alkanes) is 23. The number of hydrogen-bond acceptors (Lipinski definition) is 6. The molecule has 0 rings (SSSR count). The first-order chi connectivity index (χ1) is 24.2. The van der Waals surface area contributed by atoms with E-state index in [0.717, 1.165) is 69.6 Å². The fourth-order valence-electron chi connectivity index (χ4n) is 6.40. The van der Waals surface area contributed by atoms with Gasteiger partial charge in [-0.05, 0) is 31.1 Å². The third-order valence-corrected chi connectivity index (χ3v) is 9.72. The Labute approximate surface area is 310 Å². The summed E-state index contributed by atoms with van der Waals surface area (Å²) in [5.41, 5.74) is 0. The van der Waals surface area contributed by atoms with E-state index in [0.29, 0.717) is 19.3 Å². The van der Waals surface area contributed by atoms with E-state index in [-0.39, 0.29) is 31.1 Å². The third-order valence-electron chi connectivity index (χ3n) is 9.72. The molecule has 0 fully saturated rings. The van der Waals surface area contributed by atoms with E-state index < -0.39 is 6.10 Å². The van der Waals surface area contributed by atoms with Crippen LogP contribution in [0.5, 0.6) is 0 Å². The van der Waals surface area contributed by atoms with Crippen LogP contribution in [0.4, 0.5) is 0 Å². The zero-order valence-electron chi connectivity index (χ0n) is 34.0. The van der Waals surface area contributed by atoms with Crippen LogP contribution in [0.3, 0.4) is 0 Å². The predicted octanol–water partition coefficient (Wildman–Crippen LogP) is 13.4. The number of rotatable bonds is 38. The van der Waals surface area contributed by atoms with Gasteiger partial charge in [0.2, 0.25) is 0 Å². The summed E-state index contributed by atoms with van der Waals surface area (Å²) in [6.07, 6.45) is 33.8. The predicted molar refractivity (Wildman–Crippen MR) is 210 cm³/mol. The molecule has 6 heteroatoms. The topological polar surface area (TPSA) is 78.9 Å². The summed E-state index contributed by atoms with van der Waals surface area (Å²) >= 11 is 0. The second-order valence-corrected chi connectivity index (χ2v) is 15.9. The van der Waals surface area contributed by atoms with Crippen LogP contribution in [0, 0.1) is 11.8 Å². The quantitative estimate of drug-likeness (QED) is 0.0361. The molecule has 0 unspecified atom stereocenters. The fourth-order valence-corrected chi connectivity index (χ4v) is 6.40. The molecule has 0 aliphatic rings. The number of hydrogen-bond donors (Lipinski definition) is 0. The fraction of sp³-hybridized carbons (Fsp3) is 0.932. The van der Waals surface area contributed by atoms with Gasteiger partial charge in [0, 0.05) is 19.3 Å². The van der Waals surface area contributed by atoms with Crippen LogP contribution in [0.1, 0.15) is 234 Å². The minimum absolute atomic E-state index is 0.0662. The average molecular weight is 709 g/mol. The van der Waals surface area contributed by atoms with Gasteiger partial charge in [-0.3, -0.25) is 14.4 Å². The van der Waals surface area contributed by atoms with Gasteiger partial charge < -0.3 is 14.2 Å². The largest absolute Gasteiger partial charge is 0.462 e. The summed E-state index contributed by atoms with van der Waals surface area (Å²) in [5.74, 6) is 0.713. The van der Waals surface area contributed by atoms with E-state index in [2.05, 4.69) is 34.6 Å². The van der Waals surface area contributed by atoms with Crippen molar-refractivity contribution >= 4 is 17.9 Å². The van der Waals surface area contributed by atoms with Crippen molar-refractivity contribution in [3.8, 4) is 0 Å². The van der Waals surface area contributed by atoms with Crippen molar-refractivity contribution in [2.24, 2.45) is 11.8 Å². The molecule has 0 bridgehead atoms. The van der Waals surface area contributed by atoms with E-state index in [1.54, 1.807) is 0 Å². The first-order valence-corrected chi connectivity index (χ1v) is 21.7. The summed E-state index contributed by atoms with van der Waals surface area (Å²) in [6, 6.07) is 0. The highest BCUT2D eigenvalue weighted by Gasteiger charge is 2.19. The Hall–Kier alpha value is -1.59. The molecule has 6 nitrogen and oxygen atoms in total. The van der Waals surface area contributed by atoms with Crippen molar-refractivity contribution in [3.05, 3.63) is 0 Å². The summed E-state index contributed by atoms with van der Waals surface area (Å²) in [5, 5.41) is 0. The van der Waals surface area contributed by atoms with Crippen molar-refractivity contribution in [1.29, 1.82) is 0 Å². The lowest BCUT2D eigenvalue weighted by molar-refractivity contribution is -0.167. The summed E-state index contributed by atoms with van der Waals surface area (Å²) in [7, 11) is 0. The van der Waals surface area contributed by atoms with Crippen molar-refractivity contribution in [1.82, 2.24) is 0 Å². The third kappa shape index (κ3) is 37.7. The lowest BCUT2D eigenvalue weighted by atomic mass is 10.0. The molecule has 50 heavy (non-hydrogen) atoms. The van der Waals surface area contributed by atoms with E-state index in [9.17, 15) is 14.4 Å². The molecule has 0 amide bonds. The molecule has 296 valence electrons. The van der Waals surface area contributed by atoms with Gasteiger partial charge >= 0.3 is 17.9 Å². The maximum Gasteiger partial charge on any atom is 0.306 e. The van der Waals surface area contributed by atoms with Gasteiger partial charge in [-0.2, -0.15) is 0 Å². The van der Waals surface area contributed by atoms with Crippen molar-refractivity contribution < 1.29 is 28.6 Å². The lowest BCUT2D eigenvalue weighted by Gasteiger charge is -2.18. The molecule has 0 aliphatic heterocycles. The Bertz CT molecular complexity index is 764. The van der Waals surface area contributed by atoms with Crippen molar-refractivity contribution in [2.75, 3.05) is 13.2 Å².